The van der Waals surface area contributed by atoms with E-state index in [4.69, 9.17) is 14.2 Å². The van der Waals surface area contributed by atoms with Crippen molar-refractivity contribution in [3.63, 3.8) is 0 Å². The van der Waals surface area contributed by atoms with Crippen LogP contribution >= 0.6 is 0 Å². The van der Waals surface area contributed by atoms with E-state index in [1.807, 2.05) is 36.4 Å². The van der Waals surface area contributed by atoms with Crippen molar-refractivity contribution in [2.24, 2.45) is 0 Å². The van der Waals surface area contributed by atoms with Crippen LogP contribution in [0.3, 0.4) is 0 Å². The molecular weight excluding hydrogens is 414 g/mol. The van der Waals surface area contributed by atoms with Crippen LogP contribution in [0.1, 0.15) is 17.2 Å². The van der Waals surface area contributed by atoms with Gasteiger partial charge in [0.15, 0.2) is 0 Å². The molecule has 0 saturated heterocycles. The Morgan fingerprint density at radius 2 is 1.72 bits per heavy atom. The molecule has 0 spiro atoms. The van der Waals surface area contributed by atoms with E-state index in [0.717, 1.165) is 11.1 Å². The van der Waals surface area contributed by atoms with Crippen molar-refractivity contribution >= 4 is 11.6 Å². The van der Waals surface area contributed by atoms with Gasteiger partial charge >= 0.3 is 0 Å². The molecule has 1 aliphatic heterocycles. The SMILES string of the molecule is COc1ccc(-c2n[nH]c(=O)c3c2C(c2ccc(OC)cc2OC)n2nnnc2N3)cc1. The molecule has 0 bridgehead atoms. The number of nitrogens with zero attached hydrogens (tertiary/aromatic N) is 5. The molecule has 1 unspecified atom stereocenters. The van der Waals surface area contributed by atoms with Crippen molar-refractivity contribution in [3.05, 3.63) is 63.9 Å². The smallest absolute Gasteiger partial charge is 0.288 e. The van der Waals surface area contributed by atoms with Gasteiger partial charge in [-0.05, 0) is 46.8 Å². The minimum Gasteiger partial charge on any atom is -0.497 e. The van der Waals surface area contributed by atoms with E-state index in [0.29, 0.717) is 40.1 Å². The van der Waals surface area contributed by atoms with E-state index in [1.165, 1.54) is 0 Å². The number of hydrogen-bond donors (Lipinski definition) is 2. The van der Waals surface area contributed by atoms with E-state index >= 15 is 0 Å². The van der Waals surface area contributed by atoms with Gasteiger partial charge < -0.3 is 19.5 Å². The molecule has 0 saturated carbocycles. The summed E-state index contributed by atoms with van der Waals surface area (Å²) < 4.78 is 17.9. The molecule has 2 aromatic heterocycles. The number of fused-ring (bicyclic) bond motifs is 2. The number of ether oxygens (including phenoxy) is 3. The summed E-state index contributed by atoms with van der Waals surface area (Å²) in [6.07, 6.45) is 0. The highest BCUT2D eigenvalue weighted by atomic mass is 16.5. The van der Waals surface area contributed by atoms with Crippen LogP contribution in [0.4, 0.5) is 11.6 Å². The minimum atomic E-state index is -0.580. The number of methoxy groups -OCH3 is 3. The van der Waals surface area contributed by atoms with Gasteiger partial charge in [-0.25, -0.2) is 5.10 Å². The molecule has 32 heavy (non-hydrogen) atoms. The third-order valence-corrected chi connectivity index (χ3v) is 5.37. The molecule has 5 rings (SSSR count). The van der Waals surface area contributed by atoms with Gasteiger partial charge in [0, 0.05) is 22.8 Å². The molecule has 3 heterocycles. The first-order valence-electron chi connectivity index (χ1n) is 9.68. The van der Waals surface area contributed by atoms with Crippen molar-refractivity contribution < 1.29 is 14.2 Å². The van der Waals surface area contributed by atoms with E-state index in [1.54, 1.807) is 32.1 Å². The number of hydrogen-bond acceptors (Lipinski definition) is 9. The fourth-order valence-electron chi connectivity index (χ4n) is 3.84. The van der Waals surface area contributed by atoms with Crippen molar-refractivity contribution in [1.82, 2.24) is 30.4 Å². The standard InChI is InChI=1S/C21H19N7O4/c1-30-12-6-4-11(5-7-12)17-16-18(20(29)24-23-17)22-21-25-26-27-28(21)19(16)14-9-8-13(31-2)10-15(14)32-3/h4-10,19H,1-3H3,(H,24,29)(H,22,25,27). The number of benzene rings is 2. The van der Waals surface area contributed by atoms with Gasteiger partial charge in [0.25, 0.3) is 5.56 Å². The van der Waals surface area contributed by atoms with Gasteiger partial charge in [0.05, 0.1) is 27.0 Å². The highest BCUT2D eigenvalue weighted by molar-refractivity contribution is 5.76. The maximum absolute atomic E-state index is 12.8. The van der Waals surface area contributed by atoms with Crippen molar-refractivity contribution in [3.8, 4) is 28.5 Å². The quantitative estimate of drug-likeness (QED) is 0.428. The van der Waals surface area contributed by atoms with E-state index in [2.05, 4.69) is 31.0 Å². The number of aromatic nitrogens is 6. The minimum absolute atomic E-state index is 0.316. The Morgan fingerprint density at radius 3 is 2.44 bits per heavy atom. The zero-order valence-corrected chi connectivity index (χ0v) is 17.5. The van der Waals surface area contributed by atoms with Crippen LogP contribution in [0.15, 0.2) is 47.3 Å². The summed E-state index contributed by atoms with van der Waals surface area (Å²) in [5.74, 6) is 2.24. The van der Waals surface area contributed by atoms with Gasteiger partial charge in [-0.2, -0.15) is 9.78 Å². The Morgan fingerprint density at radius 1 is 0.969 bits per heavy atom. The molecule has 0 amide bonds. The summed E-state index contributed by atoms with van der Waals surface area (Å²) in [5, 5.41) is 22.0. The zero-order chi connectivity index (χ0) is 22.2. The molecule has 0 fully saturated rings. The first-order chi connectivity index (χ1) is 15.6. The van der Waals surface area contributed by atoms with Crippen LogP contribution in [0.2, 0.25) is 0 Å². The largest absolute Gasteiger partial charge is 0.497 e. The summed E-state index contributed by atoms with van der Waals surface area (Å²) in [5.41, 5.74) is 2.64. The second-order valence-corrected chi connectivity index (χ2v) is 7.00. The summed E-state index contributed by atoms with van der Waals surface area (Å²) in [7, 11) is 4.75. The van der Waals surface area contributed by atoms with Crippen LogP contribution in [-0.2, 0) is 0 Å². The Kier molecular flexibility index (Phi) is 4.70. The zero-order valence-electron chi connectivity index (χ0n) is 17.5. The second kappa shape index (κ2) is 7.69. The maximum Gasteiger partial charge on any atom is 0.288 e. The molecule has 2 N–H and O–H groups in total. The Hall–Kier alpha value is -4.41. The Labute approximate surface area is 181 Å². The lowest BCUT2D eigenvalue weighted by Gasteiger charge is -2.28. The predicted octanol–water partition coefficient (Wildman–Crippen LogP) is 2.14. The lowest BCUT2D eigenvalue weighted by Crippen LogP contribution is -2.29. The lowest BCUT2D eigenvalue weighted by atomic mass is 9.92. The summed E-state index contributed by atoms with van der Waals surface area (Å²) in [6.45, 7) is 0. The number of tetrazole rings is 1. The average molecular weight is 433 g/mol. The number of H-pyrrole nitrogens is 1. The Balaban J connectivity index is 1.79. The highest BCUT2D eigenvalue weighted by Crippen LogP contribution is 2.44. The van der Waals surface area contributed by atoms with Crippen molar-refractivity contribution in [1.29, 1.82) is 0 Å². The van der Waals surface area contributed by atoms with Crippen LogP contribution in [0.5, 0.6) is 17.2 Å². The third kappa shape index (κ3) is 3.02. The normalized spacial score (nSPS) is 14.2. The molecule has 4 aromatic rings. The van der Waals surface area contributed by atoms with Crippen molar-refractivity contribution in [2.75, 3.05) is 26.6 Å². The van der Waals surface area contributed by atoms with Gasteiger partial charge in [0.1, 0.15) is 29.0 Å². The number of rotatable bonds is 5. The summed E-state index contributed by atoms with van der Waals surface area (Å²) >= 11 is 0. The number of aromatic amines is 1. The van der Waals surface area contributed by atoms with Crippen molar-refractivity contribution in [2.45, 2.75) is 6.04 Å². The molecule has 2 aromatic carbocycles. The van der Waals surface area contributed by atoms with Gasteiger partial charge in [-0.3, -0.25) is 4.79 Å². The first kappa shape index (κ1) is 19.5. The van der Waals surface area contributed by atoms with E-state index in [9.17, 15) is 4.79 Å². The van der Waals surface area contributed by atoms with Gasteiger partial charge in [-0.1, -0.05) is 5.10 Å². The lowest BCUT2D eigenvalue weighted by molar-refractivity contribution is 0.386. The van der Waals surface area contributed by atoms with Gasteiger partial charge in [-0.15, -0.1) is 0 Å². The van der Waals surface area contributed by atoms with Crippen LogP contribution in [0, 0.1) is 0 Å². The summed E-state index contributed by atoms with van der Waals surface area (Å²) in [4.78, 5) is 12.8. The van der Waals surface area contributed by atoms with E-state index < -0.39 is 6.04 Å². The van der Waals surface area contributed by atoms with Crippen LogP contribution in [-0.4, -0.2) is 51.7 Å². The molecule has 11 nitrogen and oxygen atoms in total. The second-order valence-electron chi connectivity index (χ2n) is 7.00. The summed E-state index contributed by atoms with van der Waals surface area (Å²) in [6, 6.07) is 12.3. The van der Waals surface area contributed by atoms with Crippen LogP contribution < -0.4 is 25.1 Å². The molecule has 0 radical (unpaired) electrons. The molecule has 0 aliphatic carbocycles. The third-order valence-electron chi connectivity index (χ3n) is 5.37. The molecule has 11 heteroatoms. The van der Waals surface area contributed by atoms with Crippen LogP contribution in [0.25, 0.3) is 11.3 Å². The fraction of sp³-hybridized carbons (Fsp3) is 0.190. The average Bonchev–Trinajstić information content (AvgIpc) is 3.31. The first-order valence-corrected chi connectivity index (χ1v) is 9.68. The predicted molar refractivity (Wildman–Crippen MR) is 115 cm³/mol. The Bertz CT molecular complexity index is 1350. The fourth-order valence-corrected chi connectivity index (χ4v) is 3.84. The maximum atomic E-state index is 12.8. The number of nitrogens with one attached hydrogen (secondary N) is 2. The topological polar surface area (TPSA) is 129 Å². The molecule has 1 atom stereocenters. The highest BCUT2D eigenvalue weighted by Gasteiger charge is 2.36. The number of anilines is 2. The van der Waals surface area contributed by atoms with Gasteiger partial charge in [0.2, 0.25) is 5.95 Å². The van der Waals surface area contributed by atoms with E-state index in [-0.39, 0.29) is 5.56 Å². The molecule has 162 valence electrons. The molecular formula is C21H19N7O4. The monoisotopic (exact) mass is 433 g/mol. The molecule has 1 aliphatic rings.